The molecule has 326 valence electrons. The lowest BCUT2D eigenvalue weighted by Gasteiger charge is -2.26. The van der Waals surface area contributed by atoms with Crippen molar-refractivity contribution in [2.45, 2.75) is 27.1 Å². The molecule has 0 bridgehead atoms. The first kappa shape index (κ1) is 44.8. The Morgan fingerprint density at radius 3 is 0.848 bits per heavy atom. The summed E-state index contributed by atoms with van der Waals surface area (Å²) >= 11 is 0. The number of nitrogens with zero attached hydrogens (tertiary/aromatic N) is 2. The average Bonchev–Trinajstić information content (AvgIpc) is 3.38. The van der Waals surface area contributed by atoms with Gasteiger partial charge in [-0.2, -0.15) is 0 Å². The summed E-state index contributed by atoms with van der Waals surface area (Å²) in [7, 11) is 0. The highest BCUT2D eigenvalue weighted by molar-refractivity contribution is 5.81. The van der Waals surface area contributed by atoms with Crippen LogP contribution in [0.2, 0.25) is 0 Å². The third-order valence-corrected chi connectivity index (χ3v) is 11.2. The molecule has 0 saturated carbocycles. The van der Waals surface area contributed by atoms with Crippen LogP contribution in [-0.2, 0) is 22.7 Å². The Balaban J connectivity index is 1.03. The minimum atomic E-state index is 0.598. The van der Waals surface area contributed by atoms with E-state index < -0.39 is 0 Å². The predicted octanol–water partition coefficient (Wildman–Crippen LogP) is 16.8. The maximum absolute atomic E-state index is 5.70. The van der Waals surface area contributed by atoms with E-state index in [0.29, 0.717) is 26.4 Å². The molecule has 0 aliphatic carbocycles. The molecule has 0 amide bonds. The van der Waals surface area contributed by atoms with Crippen molar-refractivity contribution >= 4 is 58.4 Å². The van der Waals surface area contributed by atoms with Crippen molar-refractivity contribution in [2.75, 3.05) is 23.0 Å². The highest BCUT2D eigenvalue weighted by Crippen LogP contribution is 2.38. The second-order valence-electron chi connectivity index (χ2n) is 15.8. The van der Waals surface area contributed by atoms with Crippen LogP contribution < -0.4 is 9.80 Å². The van der Waals surface area contributed by atoms with Gasteiger partial charge in [-0.25, -0.2) is 0 Å². The smallest absolute Gasteiger partial charge is 0.0716 e. The van der Waals surface area contributed by atoms with Gasteiger partial charge in [-0.05, 0) is 131 Å². The largest absolute Gasteiger partial charge is 0.377 e. The van der Waals surface area contributed by atoms with Gasteiger partial charge < -0.3 is 19.3 Å². The van der Waals surface area contributed by atoms with Crippen molar-refractivity contribution in [1.82, 2.24) is 0 Å². The van der Waals surface area contributed by atoms with Gasteiger partial charge >= 0.3 is 0 Å². The van der Waals surface area contributed by atoms with E-state index in [9.17, 15) is 0 Å². The first-order valence-electron chi connectivity index (χ1n) is 22.8. The second kappa shape index (κ2) is 23.3. The molecule has 8 aromatic rings. The van der Waals surface area contributed by atoms with Gasteiger partial charge in [0, 0.05) is 47.3 Å². The molecule has 4 heteroatoms. The van der Waals surface area contributed by atoms with Crippen LogP contribution in [0.4, 0.5) is 34.1 Å². The molecule has 0 heterocycles. The van der Waals surface area contributed by atoms with Gasteiger partial charge in [-0.3, -0.25) is 0 Å². The molecule has 0 aliphatic heterocycles. The molecule has 8 aromatic carbocycles. The summed E-state index contributed by atoms with van der Waals surface area (Å²) in [6.07, 6.45) is 16.8. The molecule has 0 N–H and O–H groups in total. The number of rotatable bonds is 19. The standard InChI is InChI=1S/C62H56N2O2/c1-3-65-47-53-27-39-59(40-28-53)63(57-35-23-51(24-36-57)21-13-11-19-49-15-7-5-8-16-49)61-43-31-55(32-44-61)56-33-45-62(46-34-56)64(60-41-29-54(30-42-60)48-66-4-2)58-37-25-52(26-38-58)22-14-12-20-50-17-9-6-10-18-50/h5-46H,3-4,47-48H2,1-2H3/b19-11+,20-12+,21-13+,22-14+. The van der Waals surface area contributed by atoms with Crippen LogP contribution >= 0.6 is 0 Å². The quantitative estimate of drug-likeness (QED) is 0.0756. The molecular weight excluding hydrogens is 805 g/mol. The third kappa shape index (κ3) is 12.3. The molecule has 4 nitrogen and oxygen atoms in total. The molecule has 0 radical (unpaired) electrons. The second-order valence-corrected chi connectivity index (χ2v) is 15.8. The lowest BCUT2D eigenvalue weighted by Crippen LogP contribution is -2.10. The van der Waals surface area contributed by atoms with E-state index in [1.807, 2.05) is 26.0 Å². The summed E-state index contributed by atoms with van der Waals surface area (Å²) in [5.41, 5.74) is 15.7. The molecule has 0 aromatic heterocycles. The minimum absolute atomic E-state index is 0.598. The van der Waals surface area contributed by atoms with E-state index in [1.165, 1.54) is 11.1 Å². The van der Waals surface area contributed by atoms with Crippen LogP contribution in [0, 0.1) is 0 Å². The van der Waals surface area contributed by atoms with Gasteiger partial charge in [0.15, 0.2) is 0 Å². The number of hydrogen-bond acceptors (Lipinski definition) is 4. The highest BCUT2D eigenvalue weighted by Gasteiger charge is 2.15. The highest BCUT2D eigenvalue weighted by atomic mass is 16.5. The SMILES string of the molecule is CCOCc1ccc(N(c2ccc(/C=C/C=C/c3ccccc3)cc2)c2ccc(-c3ccc(N(c4ccc(/C=C/C=C/c5ccccc5)cc4)c4ccc(COCC)cc4)cc3)cc2)cc1. The minimum Gasteiger partial charge on any atom is -0.377 e. The molecular formula is C62H56N2O2. The maximum atomic E-state index is 5.70. The van der Waals surface area contributed by atoms with Gasteiger partial charge in [-0.1, -0.05) is 182 Å². The monoisotopic (exact) mass is 860 g/mol. The molecule has 0 spiro atoms. The van der Waals surface area contributed by atoms with Crippen LogP contribution in [0.5, 0.6) is 0 Å². The van der Waals surface area contributed by atoms with Crippen molar-refractivity contribution in [2.24, 2.45) is 0 Å². The van der Waals surface area contributed by atoms with Gasteiger partial charge in [0.2, 0.25) is 0 Å². The summed E-state index contributed by atoms with van der Waals surface area (Å²) < 4.78 is 11.4. The summed E-state index contributed by atoms with van der Waals surface area (Å²) in [4.78, 5) is 4.61. The fourth-order valence-electron chi connectivity index (χ4n) is 7.69. The number of benzene rings is 8. The van der Waals surface area contributed by atoms with Gasteiger partial charge in [0.05, 0.1) is 13.2 Å². The van der Waals surface area contributed by atoms with Crippen molar-refractivity contribution in [3.8, 4) is 11.1 Å². The Bertz CT molecular complexity index is 2610. The fraction of sp³-hybridized carbons (Fsp3) is 0.0968. The van der Waals surface area contributed by atoms with Crippen molar-refractivity contribution < 1.29 is 9.47 Å². The molecule has 0 fully saturated rings. The van der Waals surface area contributed by atoms with E-state index in [-0.39, 0.29) is 0 Å². The van der Waals surface area contributed by atoms with Gasteiger partial charge in [-0.15, -0.1) is 0 Å². The number of anilines is 6. The molecule has 8 rings (SSSR count). The summed E-state index contributed by atoms with van der Waals surface area (Å²) in [6.45, 7) is 6.62. The number of ether oxygens (including phenoxy) is 2. The first-order valence-corrected chi connectivity index (χ1v) is 22.8. The zero-order valence-corrected chi connectivity index (χ0v) is 37.8. The van der Waals surface area contributed by atoms with Crippen LogP contribution in [0.3, 0.4) is 0 Å². The molecule has 0 aliphatic rings. The molecule has 66 heavy (non-hydrogen) atoms. The van der Waals surface area contributed by atoms with Crippen LogP contribution in [0.1, 0.15) is 47.2 Å². The molecule has 0 unspecified atom stereocenters. The summed E-state index contributed by atoms with van der Waals surface area (Å²) in [5, 5.41) is 0. The van der Waals surface area contributed by atoms with E-state index >= 15 is 0 Å². The van der Waals surface area contributed by atoms with E-state index in [1.54, 1.807) is 0 Å². The van der Waals surface area contributed by atoms with E-state index in [4.69, 9.17) is 9.47 Å². The van der Waals surface area contributed by atoms with Gasteiger partial charge in [0.1, 0.15) is 0 Å². The van der Waals surface area contributed by atoms with Crippen molar-refractivity contribution in [3.05, 3.63) is 264 Å². The molecule has 0 atom stereocenters. The summed E-state index contributed by atoms with van der Waals surface area (Å²) in [6, 6.07) is 73.2. The summed E-state index contributed by atoms with van der Waals surface area (Å²) in [5.74, 6) is 0. The zero-order valence-electron chi connectivity index (χ0n) is 37.8. The normalized spacial score (nSPS) is 11.6. The number of hydrogen-bond donors (Lipinski definition) is 0. The Hall–Kier alpha value is -7.76. The molecule has 0 saturated heterocycles. The Morgan fingerprint density at radius 1 is 0.303 bits per heavy atom. The average molecular weight is 861 g/mol. The maximum Gasteiger partial charge on any atom is 0.0716 e. The van der Waals surface area contributed by atoms with Gasteiger partial charge in [0.25, 0.3) is 0 Å². The fourth-order valence-corrected chi connectivity index (χ4v) is 7.69. The number of allylic oxidation sites excluding steroid dienone is 4. The lowest BCUT2D eigenvalue weighted by atomic mass is 10.0. The first-order chi connectivity index (χ1) is 32.6. The Kier molecular flexibility index (Phi) is 15.8. The Labute approximate surface area is 391 Å². The van der Waals surface area contributed by atoms with Crippen LogP contribution in [0.15, 0.2) is 231 Å². The predicted molar refractivity (Wildman–Crippen MR) is 281 cm³/mol. The zero-order chi connectivity index (χ0) is 45.2. The topological polar surface area (TPSA) is 24.9 Å². The third-order valence-electron chi connectivity index (χ3n) is 11.2. The van der Waals surface area contributed by atoms with E-state index in [0.717, 1.165) is 67.5 Å². The van der Waals surface area contributed by atoms with E-state index in [2.05, 4.69) is 253 Å². The van der Waals surface area contributed by atoms with Crippen molar-refractivity contribution in [1.29, 1.82) is 0 Å². The lowest BCUT2D eigenvalue weighted by molar-refractivity contribution is 0.134. The van der Waals surface area contributed by atoms with Crippen LogP contribution in [-0.4, -0.2) is 13.2 Å². The Morgan fingerprint density at radius 2 is 0.561 bits per heavy atom. The van der Waals surface area contributed by atoms with Crippen molar-refractivity contribution in [3.63, 3.8) is 0 Å². The van der Waals surface area contributed by atoms with Crippen LogP contribution in [0.25, 0.3) is 35.4 Å².